The van der Waals surface area contributed by atoms with Crippen LogP contribution in [0.5, 0.6) is 0 Å². The van der Waals surface area contributed by atoms with E-state index in [1.54, 1.807) is 49.4 Å². The zero-order chi connectivity index (χ0) is 19.4. The second-order valence-corrected chi connectivity index (χ2v) is 6.39. The van der Waals surface area contributed by atoms with Crippen molar-refractivity contribution in [3.63, 3.8) is 0 Å². The molecule has 2 N–H and O–H groups in total. The topological polar surface area (TPSA) is 88.3 Å². The van der Waals surface area contributed by atoms with Gasteiger partial charge in [0.15, 0.2) is 12.0 Å². The van der Waals surface area contributed by atoms with Crippen molar-refractivity contribution in [2.24, 2.45) is 0 Å². The molecular weight excluding hydrogens is 368 g/mol. The van der Waals surface area contributed by atoms with E-state index in [1.165, 1.54) is 0 Å². The number of aromatic nitrogens is 1. The zero-order valence-electron chi connectivity index (χ0n) is 14.5. The first-order valence-corrected chi connectivity index (χ1v) is 8.66. The molecule has 0 unspecified atom stereocenters. The maximum atomic E-state index is 12.2. The summed E-state index contributed by atoms with van der Waals surface area (Å²) in [6.07, 6.45) is 0. The summed E-state index contributed by atoms with van der Waals surface area (Å²) >= 11 is 6.10. The molecule has 0 saturated heterocycles. The lowest BCUT2D eigenvalue weighted by Gasteiger charge is -2.15. The summed E-state index contributed by atoms with van der Waals surface area (Å²) in [7, 11) is 0. The number of para-hydroxylation sites is 1. The Morgan fingerprint density at radius 3 is 2.63 bits per heavy atom. The maximum Gasteiger partial charge on any atom is 0.355 e. The van der Waals surface area contributed by atoms with Gasteiger partial charge in [-0.15, -0.1) is 0 Å². The smallest absolute Gasteiger partial charge is 0.355 e. The largest absolute Gasteiger partial charge is 0.451 e. The highest BCUT2D eigenvalue weighted by atomic mass is 35.5. The van der Waals surface area contributed by atoms with E-state index in [-0.39, 0.29) is 17.2 Å². The molecule has 1 aromatic heterocycles. The van der Waals surface area contributed by atoms with E-state index in [9.17, 15) is 14.4 Å². The number of hydrogen-bond donors (Lipinski definition) is 2. The van der Waals surface area contributed by atoms with Gasteiger partial charge in [0.25, 0.3) is 5.91 Å². The third-order valence-electron chi connectivity index (χ3n) is 4.04. The molecule has 1 amide bonds. The molecule has 1 heterocycles. The van der Waals surface area contributed by atoms with Crippen LogP contribution in [0.4, 0.5) is 0 Å². The number of esters is 1. The molecule has 0 saturated carbocycles. The van der Waals surface area contributed by atoms with Gasteiger partial charge in [-0.2, -0.15) is 0 Å². The average Bonchev–Trinajstić information content (AvgIpc) is 2.66. The van der Waals surface area contributed by atoms with Crippen LogP contribution in [0.25, 0.3) is 10.9 Å². The number of aromatic amines is 1. The van der Waals surface area contributed by atoms with Crippen molar-refractivity contribution in [3.8, 4) is 0 Å². The number of rotatable bonds is 5. The van der Waals surface area contributed by atoms with Gasteiger partial charge >= 0.3 is 5.97 Å². The van der Waals surface area contributed by atoms with Gasteiger partial charge in [-0.05, 0) is 30.7 Å². The van der Waals surface area contributed by atoms with Gasteiger partial charge in [-0.25, -0.2) is 4.79 Å². The molecule has 0 fully saturated rings. The van der Waals surface area contributed by atoms with Crippen LogP contribution < -0.4 is 10.7 Å². The summed E-state index contributed by atoms with van der Waals surface area (Å²) < 4.78 is 5.01. The Morgan fingerprint density at radius 2 is 1.85 bits per heavy atom. The van der Waals surface area contributed by atoms with Gasteiger partial charge in [0.1, 0.15) is 5.69 Å². The van der Waals surface area contributed by atoms with E-state index in [1.807, 2.05) is 6.07 Å². The molecule has 0 spiro atoms. The number of hydrogen-bond acceptors (Lipinski definition) is 4. The lowest BCUT2D eigenvalue weighted by Crippen LogP contribution is -2.31. The van der Waals surface area contributed by atoms with Crippen LogP contribution in [-0.2, 0) is 9.53 Å². The van der Waals surface area contributed by atoms with Gasteiger partial charge < -0.3 is 15.0 Å². The summed E-state index contributed by atoms with van der Waals surface area (Å²) in [5.41, 5.74) is 0.977. The number of fused-ring (bicyclic) bond motifs is 1. The van der Waals surface area contributed by atoms with Crippen molar-refractivity contribution in [2.75, 3.05) is 6.61 Å². The summed E-state index contributed by atoms with van der Waals surface area (Å²) in [6.45, 7) is 1.31. The summed E-state index contributed by atoms with van der Waals surface area (Å²) in [5, 5.41) is 3.72. The van der Waals surface area contributed by atoms with E-state index in [4.69, 9.17) is 16.3 Å². The molecule has 6 nitrogen and oxygen atoms in total. The second-order valence-electron chi connectivity index (χ2n) is 5.98. The van der Waals surface area contributed by atoms with Crippen molar-refractivity contribution in [1.29, 1.82) is 0 Å². The SMILES string of the molecule is C[C@H](NC(=O)COC(=O)c1cc(=O)c2ccccc2[nH]1)c1ccccc1Cl. The first-order valence-electron chi connectivity index (χ1n) is 8.28. The van der Waals surface area contributed by atoms with Gasteiger partial charge in [0, 0.05) is 22.0 Å². The first-order chi connectivity index (χ1) is 13.0. The molecule has 138 valence electrons. The number of amides is 1. The molecule has 0 bridgehead atoms. The van der Waals surface area contributed by atoms with Crippen molar-refractivity contribution in [2.45, 2.75) is 13.0 Å². The highest BCUT2D eigenvalue weighted by Gasteiger charge is 2.16. The Balaban J connectivity index is 1.63. The van der Waals surface area contributed by atoms with Crippen LogP contribution >= 0.6 is 11.6 Å². The van der Waals surface area contributed by atoms with Crippen molar-refractivity contribution < 1.29 is 14.3 Å². The van der Waals surface area contributed by atoms with E-state index in [0.29, 0.717) is 15.9 Å². The number of carbonyl (C=O) groups excluding carboxylic acids is 2. The number of carbonyl (C=O) groups is 2. The molecular formula is C20H17ClN2O4. The maximum absolute atomic E-state index is 12.2. The number of benzene rings is 2. The number of halogens is 1. The van der Waals surface area contributed by atoms with Crippen LogP contribution in [-0.4, -0.2) is 23.5 Å². The minimum atomic E-state index is -0.779. The predicted octanol–water partition coefficient (Wildman–Crippen LogP) is 3.22. The van der Waals surface area contributed by atoms with Crippen molar-refractivity contribution in [3.05, 3.63) is 81.1 Å². The number of ether oxygens (including phenoxy) is 1. The highest BCUT2D eigenvalue weighted by Crippen LogP contribution is 2.21. The standard InChI is InChI=1S/C20H17ClN2O4/c1-12(13-6-2-4-8-15(13)21)22-19(25)11-27-20(26)17-10-18(24)14-7-3-5-9-16(14)23-17/h2-10,12H,11H2,1H3,(H,22,25)(H,23,24)/t12-/m0/s1. The van der Waals surface area contributed by atoms with Gasteiger partial charge in [0.2, 0.25) is 0 Å². The third kappa shape index (κ3) is 4.35. The van der Waals surface area contributed by atoms with Crippen molar-refractivity contribution in [1.82, 2.24) is 10.3 Å². The van der Waals surface area contributed by atoms with E-state index < -0.39 is 18.5 Å². The fourth-order valence-corrected chi connectivity index (χ4v) is 3.00. The molecule has 0 aliphatic carbocycles. The summed E-state index contributed by atoms with van der Waals surface area (Å²) in [6, 6.07) is 14.8. The van der Waals surface area contributed by atoms with Gasteiger partial charge in [-0.1, -0.05) is 41.9 Å². The van der Waals surface area contributed by atoms with Crippen LogP contribution in [0, 0.1) is 0 Å². The van der Waals surface area contributed by atoms with Crippen LogP contribution in [0.2, 0.25) is 5.02 Å². The third-order valence-corrected chi connectivity index (χ3v) is 4.38. The Bertz CT molecular complexity index is 1060. The van der Waals surface area contributed by atoms with Crippen LogP contribution in [0.3, 0.4) is 0 Å². The molecule has 27 heavy (non-hydrogen) atoms. The summed E-state index contributed by atoms with van der Waals surface area (Å²) in [4.78, 5) is 39.1. The van der Waals surface area contributed by atoms with Gasteiger partial charge in [0.05, 0.1) is 6.04 Å². The second kappa shape index (κ2) is 8.05. The molecule has 0 radical (unpaired) electrons. The fraction of sp³-hybridized carbons (Fsp3) is 0.150. The normalized spacial score (nSPS) is 11.8. The first kappa shape index (κ1) is 18.7. The molecule has 7 heteroatoms. The lowest BCUT2D eigenvalue weighted by molar-refractivity contribution is -0.124. The Kier molecular flexibility index (Phi) is 5.57. The van der Waals surface area contributed by atoms with E-state index in [2.05, 4.69) is 10.3 Å². The molecule has 0 aliphatic heterocycles. The molecule has 3 rings (SSSR count). The Morgan fingerprint density at radius 1 is 1.15 bits per heavy atom. The van der Waals surface area contributed by atoms with Crippen molar-refractivity contribution >= 4 is 34.4 Å². The van der Waals surface area contributed by atoms with Gasteiger partial charge in [-0.3, -0.25) is 9.59 Å². The summed E-state index contributed by atoms with van der Waals surface area (Å²) in [5.74, 6) is -1.25. The predicted molar refractivity (Wildman–Crippen MR) is 103 cm³/mol. The molecule has 2 aromatic carbocycles. The highest BCUT2D eigenvalue weighted by molar-refractivity contribution is 6.31. The van der Waals surface area contributed by atoms with Crippen LogP contribution in [0.15, 0.2) is 59.4 Å². The monoisotopic (exact) mass is 384 g/mol. The number of H-pyrrole nitrogens is 1. The molecule has 1 atom stereocenters. The Hall–Kier alpha value is -3.12. The van der Waals surface area contributed by atoms with Crippen LogP contribution in [0.1, 0.15) is 29.0 Å². The minimum absolute atomic E-state index is 0.00866. The minimum Gasteiger partial charge on any atom is -0.451 e. The fourth-order valence-electron chi connectivity index (χ4n) is 2.70. The van der Waals surface area contributed by atoms with E-state index in [0.717, 1.165) is 11.6 Å². The quantitative estimate of drug-likeness (QED) is 0.661. The lowest BCUT2D eigenvalue weighted by atomic mass is 10.1. The zero-order valence-corrected chi connectivity index (χ0v) is 15.2. The molecule has 0 aliphatic rings. The number of pyridine rings is 1. The Labute approximate surface area is 160 Å². The molecule has 3 aromatic rings. The van der Waals surface area contributed by atoms with E-state index >= 15 is 0 Å². The number of nitrogens with one attached hydrogen (secondary N) is 2. The average molecular weight is 385 g/mol.